The summed E-state index contributed by atoms with van der Waals surface area (Å²) in [7, 11) is 0. The van der Waals surface area contributed by atoms with Crippen LogP contribution >= 0.6 is 0 Å². The highest BCUT2D eigenvalue weighted by molar-refractivity contribution is 5.40. The van der Waals surface area contributed by atoms with E-state index in [4.69, 9.17) is 0 Å². The van der Waals surface area contributed by atoms with Crippen LogP contribution in [0.5, 0.6) is 0 Å². The van der Waals surface area contributed by atoms with Crippen molar-refractivity contribution in [2.45, 2.75) is 19.5 Å². The highest BCUT2D eigenvalue weighted by Crippen LogP contribution is 2.28. The first-order valence-corrected chi connectivity index (χ1v) is 7.75. The predicted octanol–water partition coefficient (Wildman–Crippen LogP) is 3.14. The van der Waals surface area contributed by atoms with Gasteiger partial charge in [0.15, 0.2) is 11.5 Å². The molecule has 0 radical (unpaired) electrons. The van der Waals surface area contributed by atoms with Crippen LogP contribution in [0.2, 0.25) is 0 Å². The molecule has 5 nitrogen and oxygen atoms in total. The molecule has 0 saturated carbocycles. The zero-order valence-corrected chi connectivity index (χ0v) is 13.2. The maximum atomic E-state index is 12.5. The lowest BCUT2D eigenvalue weighted by Gasteiger charge is -2.17. The van der Waals surface area contributed by atoms with Crippen molar-refractivity contribution in [1.29, 1.82) is 0 Å². The highest BCUT2D eigenvalue weighted by atomic mass is 19.4. The number of hydrogen-bond acceptors (Lipinski definition) is 5. The summed E-state index contributed by atoms with van der Waals surface area (Å²) < 4.78 is 37.6. The Bertz CT molecular complexity index is 687. The van der Waals surface area contributed by atoms with Crippen molar-refractivity contribution in [2.75, 3.05) is 29.9 Å². The number of rotatable bonds is 4. The van der Waals surface area contributed by atoms with Gasteiger partial charge < -0.3 is 10.2 Å². The normalized spacial score (nSPS) is 18.0. The fourth-order valence-corrected chi connectivity index (χ4v) is 2.74. The first-order valence-electron chi connectivity index (χ1n) is 7.75. The molecule has 3 rings (SSSR count). The Morgan fingerprint density at radius 1 is 1.21 bits per heavy atom. The Labute approximate surface area is 137 Å². The van der Waals surface area contributed by atoms with Crippen molar-refractivity contribution in [1.82, 2.24) is 15.2 Å². The van der Waals surface area contributed by atoms with Gasteiger partial charge in [-0.1, -0.05) is 6.07 Å². The van der Waals surface area contributed by atoms with Crippen LogP contribution in [0.4, 0.5) is 24.8 Å². The second-order valence-electron chi connectivity index (χ2n) is 5.92. The van der Waals surface area contributed by atoms with Gasteiger partial charge in [0.1, 0.15) is 5.82 Å². The summed E-state index contributed by atoms with van der Waals surface area (Å²) in [6.45, 7) is 4.19. The van der Waals surface area contributed by atoms with Crippen molar-refractivity contribution in [2.24, 2.45) is 5.92 Å². The lowest BCUT2D eigenvalue weighted by Crippen LogP contribution is -2.24. The van der Waals surface area contributed by atoms with Gasteiger partial charge in [0, 0.05) is 25.3 Å². The van der Waals surface area contributed by atoms with Gasteiger partial charge in [-0.15, -0.1) is 10.2 Å². The molecule has 2 aromatic heterocycles. The molecular weight excluding hydrogens is 319 g/mol. The molecule has 3 heterocycles. The molecule has 0 unspecified atom stereocenters. The van der Waals surface area contributed by atoms with Crippen molar-refractivity contribution >= 4 is 11.6 Å². The minimum atomic E-state index is -4.45. The number of nitrogens with zero attached hydrogens (tertiary/aromatic N) is 4. The third-order valence-electron chi connectivity index (χ3n) is 4.01. The van der Waals surface area contributed by atoms with Gasteiger partial charge in [-0.05, 0) is 43.5 Å². The van der Waals surface area contributed by atoms with Crippen LogP contribution in [0.25, 0.3) is 0 Å². The molecule has 0 aromatic carbocycles. The number of anilines is 2. The number of alkyl halides is 3. The van der Waals surface area contributed by atoms with Gasteiger partial charge in [-0.3, -0.25) is 0 Å². The average Bonchev–Trinajstić information content (AvgIpc) is 3.01. The van der Waals surface area contributed by atoms with E-state index in [1.54, 1.807) is 0 Å². The number of aromatic nitrogens is 3. The van der Waals surface area contributed by atoms with Crippen molar-refractivity contribution in [3.63, 3.8) is 0 Å². The Morgan fingerprint density at radius 3 is 2.71 bits per heavy atom. The van der Waals surface area contributed by atoms with Gasteiger partial charge >= 0.3 is 6.18 Å². The Kier molecular flexibility index (Phi) is 4.55. The van der Waals surface area contributed by atoms with E-state index in [0.717, 1.165) is 43.6 Å². The molecular formula is C16H18F3N5. The fourth-order valence-electron chi connectivity index (χ4n) is 2.74. The van der Waals surface area contributed by atoms with Gasteiger partial charge in [-0.2, -0.15) is 13.2 Å². The predicted molar refractivity (Wildman–Crippen MR) is 84.8 cm³/mol. The minimum Gasteiger partial charge on any atom is -0.370 e. The second kappa shape index (κ2) is 6.62. The maximum absolute atomic E-state index is 12.5. The molecule has 128 valence electrons. The van der Waals surface area contributed by atoms with Crippen molar-refractivity contribution in [3.8, 4) is 0 Å². The quantitative estimate of drug-likeness (QED) is 0.929. The number of aryl methyl sites for hydroxylation is 1. The molecule has 2 aromatic rings. The van der Waals surface area contributed by atoms with E-state index < -0.39 is 11.9 Å². The lowest BCUT2D eigenvalue weighted by molar-refractivity contribution is -0.141. The van der Waals surface area contributed by atoms with Gasteiger partial charge in [0.2, 0.25) is 0 Å². The zero-order chi connectivity index (χ0) is 17.2. The molecule has 1 fully saturated rings. The standard InChI is InChI=1S/C16H18F3N5/c1-11-3-2-4-14(21-11)20-9-12-7-8-24(10-12)15-6-5-13(22-23-15)16(17,18)19/h2-6,12H,7-10H2,1H3,(H,20,21)/t12-/m0/s1. The summed E-state index contributed by atoms with van der Waals surface area (Å²) in [5, 5.41) is 10.3. The topological polar surface area (TPSA) is 53.9 Å². The SMILES string of the molecule is Cc1cccc(NC[C@@H]2CCN(c3ccc(C(F)(F)F)nn3)C2)n1. The molecule has 24 heavy (non-hydrogen) atoms. The number of halogens is 3. The molecule has 1 aliphatic rings. The molecule has 1 aliphatic heterocycles. The number of nitrogens with one attached hydrogen (secondary N) is 1. The third kappa shape index (κ3) is 3.93. The van der Waals surface area contributed by atoms with Crippen LogP contribution < -0.4 is 10.2 Å². The number of pyridine rings is 1. The Morgan fingerprint density at radius 2 is 2.04 bits per heavy atom. The monoisotopic (exact) mass is 337 g/mol. The summed E-state index contributed by atoms with van der Waals surface area (Å²) in [6.07, 6.45) is -3.51. The minimum absolute atomic E-state index is 0.386. The summed E-state index contributed by atoms with van der Waals surface area (Å²) in [5.41, 5.74) is -0.0118. The molecule has 0 bridgehead atoms. The zero-order valence-electron chi connectivity index (χ0n) is 13.2. The van der Waals surface area contributed by atoms with E-state index in [2.05, 4.69) is 20.5 Å². The Hall–Kier alpha value is -2.38. The van der Waals surface area contributed by atoms with Gasteiger partial charge in [-0.25, -0.2) is 4.98 Å². The van der Waals surface area contributed by atoms with E-state index in [0.29, 0.717) is 11.7 Å². The maximum Gasteiger partial charge on any atom is 0.435 e. The van der Waals surface area contributed by atoms with E-state index in [9.17, 15) is 13.2 Å². The molecule has 1 N–H and O–H groups in total. The Balaban J connectivity index is 1.55. The average molecular weight is 337 g/mol. The molecule has 0 spiro atoms. The van der Waals surface area contributed by atoms with Crippen LogP contribution in [-0.4, -0.2) is 34.8 Å². The number of hydrogen-bond donors (Lipinski definition) is 1. The van der Waals surface area contributed by atoms with Gasteiger partial charge in [0.25, 0.3) is 0 Å². The summed E-state index contributed by atoms with van der Waals surface area (Å²) in [5.74, 6) is 1.71. The second-order valence-corrected chi connectivity index (χ2v) is 5.92. The van der Waals surface area contributed by atoms with E-state index in [-0.39, 0.29) is 0 Å². The molecule has 1 saturated heterocycles. The van der Waals surface area contributed by atoms with E-state index in [1.807, 2.05) is 30.0 Å². The summed E-state index contributed by atoms with van der Waals surface area (Å²) >= 11 is 0. The highest BCUT2D eigenvalue weighted by Gasteiger charge is 2.33. The van der Waals surface area contributed by atoms with Crippen LogP contribution in [-0.2, 0) is 6.18 Å². The third-order valence-corrected chi connectivity index (χ3v) is 4.01. The lowest BCUT2D eigenvalue weighted by atomic mass is 10.1. The van der Waals surface area contributed by atoms with Crippen molar-refractivity contribution in [3.05, 3.63) is 41.7 Å². The molecule has 8 heteroatoms. The largest absolute Gasteiger partial charge is 0.435 e. The van der Waals surface area contributed by atoms with Crippen molar-refractivity contribution < 1.29 is 13.2 Å². The first kappa shape index (κ1) is 16.5. The van der Waals surface area contributed by atoms with Crippen LogP contribution in [0.3, 0.4) is 0 Å². The van der Waals surface area contributed by atoms with E-state index >= 15 is 0 Å². The van der Waals surface area contributed by atoms with E-state index in [1.165, 1.54) is 6.07 Å². The van der Waals surface area contributed by atoms with Crippen LogP contribution in [0, 0.1) is 12.8 Å². The van der Waals surface area contributed by atoms with Gasteiger partial charge in [0.05, 0.1) is 0 Å². The van der Waals surface area contributed by atoms with Crippen LogP contribution in [0.1, 0.15) is 17.8 Å². The summed E-state index contributed by atoms with van der Waals surface area (Å²) in [6, 6.07) is 8.16. The summed E-state index contributed by atoms with van der Waals surface area (Å²) in [4.78, 5) is 6.35. The first-order chi connectivity index (χ1) is 11.4. The molecule has 0 amide bonds. The van der Waals surface area contributed by atoms with Crippen LogP contribution in [0.15, 0.2) is 30.3 Å². The molecule has 0 aliphatic carbocycles. The fraction of sp³-hybridized carbons (Fsp3) is 0.438. The molecule has 1 atom stereocenters. The smallest absolute Gasteiger partial charge is 0.370 e.